The summed E-state index contributed by atoms with van der Waals surface area (Å²) in [5.41, 5.74) is 2.15. The molecule has 0 radical (unpaired) electrons. The van der Waals surface area contributed by atoms with Gasteiger partial charge in [-0.1, -0.05) is 18.2 Å². The van der Waals surface area contributed by atoms with E-state index >= 15 is 0 Å². The van der Waals surface area contributed by atoms with Crippen LogP contribution in [0.2, 0.25) is 0 Å². The monoisotopic (exact) mass is 345 g/mol. The van der Waals surface area contributed by atoms with E-state index < -0.39 is 6.10 Å². The van der Waals surface area contributed by atoms with Crippen molar-refractivity contribution in [3.8, 4) is 11.5 Å². The maximum absolute atomic E-state index is 11.0. The third kappa shape index (κ3) is 2.69. The van der Waals surface area contributed by atoms with E-state index in [4.69, 9.17) is 14.2 Å². The van der Waals surface area contributed by atoms with Crippen molar-refractivity contribution in [1.82, 2.24) is 4.90 Å². The minimum absolute atomic E-state index is 0.105. The molecule has 0 saturated carbocycles. The van der Waals surface area contributed by atoms with Crippen molar-refractivity contribution in [3.05, 3.63) is 35.4 Å². The molecule has 3 unspecified atom stereocenters. The second kappa shape index (κ2) is 6.04. The van der Waals surface area contributed by atoms with Crippen LogP contribution in [0.3, 0.4) is 0 Å². The average Bonchev–Trinajstić information content (AvgIpc) is 2.81. The summed E-state index contributed by atoms with van der Waals surface area (Å²) in [6.07, 6.45) is 4.92. The summed E-state index contributed by atoms with van der Waals surface area (Å²) >= 11 is 0. The summed E-state index contributed by atoms with van der Waals surface area (Å²) in [4.78, 5) is 13.3. The standard InChI is InChI=1S/C19H23NO5/c1-12(21)23-11-24-15-4-3-13-10-20(2)8-7-19-6-5-14(22)9-16(19)25-18(15)17(13)19/h3-6,14,16,22H,7-11H2,1-2H3. The van der Waals surface area contributed by atoms with Gasteiger partial charge >= 0.3 is 5.97 Å². The summed E-state index contributed by atoms with van der Waals surface area (Å²) in [7, 11) is 2.12. The van der Waals surface area contributed by atoms with E-state index in [1.54, 1.807) is 0 Å². The lowest BCUT2D eigenvalue weighted by atomic mass is 9.69. The Morgan fingerprint density at radius 2 is 2.32 bits per heavy atom. The lowest BCUT2D eigenvalue weighted by molar-refractivity contribution is -0.147. The van der Waals surface area contributed by atoms with Gasteiger partial charge in [-0.3, -0.25) is 4.79 Å². The predicted molar refractivity (Wildman–Crippen MR) is 90.5 cm³/mol. The van der Waals surface area contributed by atoms with Crippen LogP contribution in [0.4, 0.5) is 0 Å². The number of nitrogens with zero attached hydrogens (tertiary/aromatic N) is 1. The predicted octanol–water partition coefficient (Wildman–Crippen LogP) is 1.74. The lowest BCUT2D eigenvalue weighted by Gasteiger charge is -2.35. The first-order chi connectivity index (χ1) is 12.0. The zero-order chi connectivity index (χ0) is 17.6. The number of benzene rings is 1. The molecule has 2 heterocycles. The molecule has 1 aromatic carbocycles. The van der Waals surface area contributed by atoms with E-state index in [0.29, 0.717) is 12.2 Å². The summed E-state index contributed by atoms with van der Waals surface area (Å²) in [6.45, 7) is 3.01. The van der Waals surface area contributed by atoms with Gasteiger partial charge in [0.15, 0.2) is 11.5 Å². The summed E-state index contributed by atoms with van der Waals surface area (Å²) in [6, 6.07) is 3.94. The molecular formula is C19H23NO5. The lowest BCUT2D eigenvalue weighted by Crippen LogP contribution is -2.42. The molecule has 0 bridgehead atoms. The van der Waals surface area contributed by atoms with E-state index in [0.717, 1.165) is 30.8 Å². The maximum Gasteiger partial charge on any atom is 0.305 e. The number of hydrogen-bond donors (Lipinski definition) is 1. The largest absolute Gasteiger partial charge is 0.485 e. The fraction of sp³-hybridized carbons (Fsp3) is 0.526. The number of esters is 1. The Kier molecular flexibility index (Phi) is 3.96. The number of hydrogen-bond acceptors (Lipinski definition) is 6. The van der Waals surface area contributed by atoms with Gasteiger partial charge in [-0.15, -0.1) is 0 Å². The smallest absolute Gasteiger partial charge is 0.305 e. The van der Waals surface area contributed by atoms with Gasteiger partial charge in [0, 0.05) is 25.5 Å². The molecule has 6 nitrogen and oxygen atoms in total. The van der Waals surface area contributed by atoms with Crippen molar-refractivity contribution in [3.63, 3.8) is 0 Å². The van der Waals surface area contributed by atoms with Gasteiger partial charge in [0.1, 0.15) is 6.10 Å². The Hall–Kier alpha value is -2.05. The number of aliphatic hydroxyl groups excluding tert-OH is 1. The maximum atomic E-state index is 11.0. The third-order valence-electron chi connectivity index (χ3n) is 5.40. The molecule has 0 amide bonds. The number of aliphatic hydroxyl groups is 1. The molecule has 6 heteroatoms. The van der Waals surface area contributed by atoms with Crippen molar-refractivity contribution < 1.29 is 24.1 Å². The SMILES string of the molecule is CC(=O)OCOc1ccc2c3c1OC1CC(O)C=CC31CCN(C)C2. The molecule has 0 saturated heterocycles. The van der Waals surface area contributed by atoms with Crippen LogP contribution in [0.25, 0.3) is 0 Å². The molecule has 1 aliphatic carbocycles. The molecule has 0 fully saturated rings. The van der Waals surface area contributed by atoms with Crippen molar-refractivity contribution in [2.75, 3.05) is 20.4 Å². The molecule has 1 N–H and O–H groups in total. The average molecular weight is 345 g/mol. The summed E-state index contributed by atoms with van der Waals surface area (Å²) in [5.74, 6) is 0.926. The summed E-state index contributed by atoms with van der Waals surface area (Å²) in [5, 5.41) is 10.1. The molecule has 4 rings (SSSR count). The van der Waals surface area contributed by atoms with Crippen LogP contribution in [-0.4, -0.2) is 48.6 Å². The molecular weight excluding hydrogens is 322 g/mol. The van der Waals surface area contributed by atoms with Gasteiger partial charge in [0.2, 0.25) is 6.79 Å². The number of carbonyl (C=O) groups excluding carboxylic acids is 1. The number of carbonyl (C=O) groups is 1. The molecule has 3 aliphatic rings. The molecule has 0 aromatic heterocycles. The topological polar surface area (TPSA) is 68.2 Å². The normalized spacial score (nSPS) is 30.0. The highest BCUT2D eigenvalue weighted by atomic mass is 16.7. The Balaban J connectivity index is 1.76. The van der Waals surface area contributed by atoms with Crippen molar-refractivity contribution in [1.29, 1.82) is 0 Å². The molecule has 134 valence electrons. The fourth-order valence-corrected chi connectivity index (χ4v) is 4.21. The zero-order valence-electron chi connectivity index (χ0n) is 14.5. The second-order valence-electron chi connectivity index (χ2n) is 7.12. The van der Waals surface area contributed by atoms with Gasteiger partial charge in [-0.25, -0.2) is 0 Å². The van der Waals surface area contributed by atoms with Gasteiger partial charge in [-0.2, -0.15) is 0 Å². The Labute approximate surface area is 147 Å². The van der Waals surface area contributed by atoms with Gasteiger partial charge in [0.05, 0.1) is 11.5 Å². The van der Waals surface area contributed by atoms with Crippen LogP contribution in [0, 0.1) is 0 Å². The molecule has 1 spiro atoms. The van der Waals surface area contributed by atoms with Gasteiger partial charge in [0.25, 0.3) is 0 Å². The second-order valence-corrected chi connectivity index (χ2v) is 7.12. The Morgan fingerprint density at radius 1 is 1.48 bits per heavy atom. The van der Waals surface area contributed by atoms with E-state index in [1.807, 2.05) is 12.1 Å². The van der Waals surface area contributed by atoms with Crippen LogP contribution >= 0.6 is 0 Å². The first kappa shape index (κ1) is 16.4. The van der Waals surface area contributed by atoms with Crippen molar-refractivity contribution >= 4 is 5.97 Å². The van der Waals surface area contributed by atoms with Crippen molar-refractivity contribution in [2.45, 2.75) is 43.9 Å². The molecule has 1 aromatic rings. The van der Waals surface area contributed by atoms with Gasteiger partial charge in [-0.05, 0) is 31.6 Å². The van der Waals surface area contributed by atoms with E-state index in [1.165, 1.54) is 12.5 Å². The number of ether oxygens (including phenoxy) is 3. The Bertz CT molecular complexity index is 731. The number of rotatable bonds is 3. The fourth-order valence-electron chi connectivity index (χ4n) is 4.21. The highest BCUT2D eigenvalue weighted by Gasteiger charge is 2.52. The summed E-state index contributed by atoms with van der Waals surface area (Å²) < 4.78 is 16.8. The highest BCUT2D eigenvalue weighted by molar-refractivity contribution is 5.66. The van der Waals surface area contributed by atoms with Crippen LogP contribution in [0.15, 0.2) is 24.3 Å². The molecule has 2 aliphatic heterocycles. The van der Waals surface area contributed by atoms with Crippen molar-refractivity contribution in [2.24, 2.45) is 0 Å². The van der Waals surface area contributed by atoms with E-state index in [-0.39, 0.29) is 24.3 Å². The van der Waals surface area contributed by atoms with Crippen LogP contribution in [-0.2, 0) is 21.5 Å². The van der Waals surface area contributed by atoms with Crippen LogP contribution < -0.4 is 9.47 Å². The zero-order valence-corrected chi connectivity index (χ0v) is 14.5. The van der Waals surface area contributed by atoms with Crippen LogP contribution in [0.5, 0.6) is 11.5 Å². The third-order valence-corrected chi connectivity index (χ3v) is 5.40. The highest BCUT2D eigenvalue weighted by Crippen LogP contribution is 2.55. The quantitative estimate of drug-likeness (QED) is 0.511. The van der Waals surface area contributed by atoms with E-state index in [9.17, 15) is 9.90 Å². The molecule has 3 atom stereocenters. The van der Waals surface area contributed by atoms with Crippen LogP contribution in [0.1, 0.15) is 30.9 Å². The first-order valence-corrected chi connectivity index (χ1v) is 8.65. The van der Waals surface area contributed by atoms with Gasteiger partial charge < -0.3 is 24.2 Å². The minimum atomic E-state index is -0.486. The molecule has 25 heavy (non-hydrogen) atoms. The Morgan fingerprint density at radius 3 is 3.12 bits per heavy atom. The first-order valence-electron chi connectivity index (χ1n) is 8.65. The minimum Gasteiger partial charge on any atom is -0.485 e. The van der Waals surface area contributed by atoms with E-state index in [2.05, 4.69) is 24.1 Å².